The first-order valence-corrected chi connectivity index (χ1v) is 6.81. The van der Waals surface area contributed by atoms with Gasteiger partial charge in [0.2, 0.25) is 0 Å². The predicted octanol–water partition coefficient (Wildman–Crippen LogP) is 1.10. The molecule has 1 aliphatic carbocycles. The van der Waals surface area contributed by atoms with Crippen molar-refractivity contribution in [1.29, 1.82) is 0 Å². The van der Waals surface area contributed by atoms with Gasteiger partial charge in [0.15, 0.2) is 5.84 Å². The second-order valence-corrected chi connectivity index (χ2v) is 5.71. The highest BCUT2D eigenvalue weighted by molar-refractivity contribution is 6.01. The lowest BCUT2D eigenvalue weighted by Gasteiger charge is -2.49. The number of amidine groups is 1. The largest absolute Gasteiger partial charge is 0.409 e. The minimum absolute atomic E-state index is 0.113. The molecule has 0 atom stereocenters. The van der Waals surface area contributed by atoms with Gasteiger partial charge in [0, 0.05) is 30.9 Å². The highest BCUT2D eigenvalue weighted by Crippen LogP contribution is 2.37. The van der Waals surface area contributed by atoms with Gasteiger partial charge in [-0.2, -0.15) is 0 Å². The van der Waals surface area contributed by atoms with Crippen LogP contribution in [0, 0.1) is 0 Å². The minimum Gasteiger partial charge on any atom is -0.409 e. The fourth-order valence-electron chi connectivity index (χ4n) is 2.82. The highest BCUT2D eigenvalue weighted by Gasteiger charge is 2.40. The zero-order valence-electron chi connectivity index (χ0n) is 12.4. The van der Waals surface area contributed by atoms with Crippen LogP contribution in [0.5, 0.6) is 0 Å². The van der Waals surface area contributed by atoms with Crippen LogP contribution in [0.25, 0.3) is 0 Å². The number of pyridine rings is 1. The van der Waals surface area contributed by atoms with Gasteiger partial charge >= 0.3 is 0 Å². The molecule has 2 rings (SSSR count). The Morgan fingerprint density at radius 2 is 2.15 bits per heavy atom. The first kappa shape index (κ1) is 14.6. The van der Waals surface area contributed by atoms with Gasteiger partial charge < -0.3 is 20.7 Å². The number of likely N-dealkylation sites (N-methyl/N-ethyl adjacent to an activating group) is 2. The summed E-state index contributed by atoms with van der Waals surface area (Å²) in [6.45, 7) is 0.900. The van der Waals surface area contributed by atoms with Gasteiger partial charge in [-0.25, -0.2) is 0 Å². The van der Waals surface area contributed by atoms with Crippen molar-refractivity contribution in [2.45, 2.75) is 24.8 Å². The molecule has 6 nitrogen and oxygen atoms in total. The van der Waals surface area contributed by atoms with E-state index in [-0.39, 0.29) is 11.4 Å². The van der Waals surface area contributed by atoms with Crippen molar-refractivity contribution in [3.8, 4) is 0 Å². The first-order chi connectivity index (χ1) is 9.50. The molecule has 0 spiro atoms. The van der Waals surface area contributed by atoms with Crippen LogP contribution in [0.2, 0.25) is 0 Å². The maximum atomic E-state index is 8.89. The van der Waals surface area contributed by atoms with Crippen molar-refractivity contribution >= 4 is 11.5 Å². The van der Waals surface area contributed by atoms with E-state index in [1.54, 1.807) is 18.5 Å². The summed E-state index contributed by atoms with van der Waals surface area (Å²) in [5, 5.41) is 12.0. The summed E-state index contributed by atoms with van der Waals surface area (Å²) in [7, 11) is 6.27. The van der Waals surface area contributed by atoms with E-state index in [0.29, 0.717) is 5.56 Å². The molecule has 110 valence electrons. The monoisotopic (exact) mass is 277 g/mol. The van der Waals surface area contributed by atoms with Gasteiger partial charge in [0.05, 0.1) is 11.9 Å². The SMILES string of the molecule is CN(CC1(N(C)C)CCC1)c1cnccc1/C(N)=N/O. The third kappa shape index (κ3) is 2.56. The van der Waals surface area contributed by atoms with E-state index in [4.69, 9.17) is 10.9 Å². The van der Waals surface area contributed by atoms with E-state index in [2.05, 4.69) is 34.0 Å². The standard InChI is InChI=1S/C14H23N5O/c1-18(2)14(6-4-7-14)10-19(3)12-9-16-8-5-11(12)13(15)17-20/h5,8-9,20H,4,6-7,10H2,1-3H3,(H2,15,17). The van der Waals surface area contributed by atoms with E-state index < -0.39 is 0 Å². The molecule has 0 radical (unpaired) electrons. The van der Waals surface area contributed by atoms with Crippen LogP contribution in [0.1, 0.15) is 24.8 Å². The molecule has 6 heteroatoms. The van der Waals surface area contributed by atoms with Gasteiger partial charge in [-0.15, -0.1) is 0 Å². The average Bonchev–Trinajstić information content (AvgIpc) is 2.41. The van der Waals surface area contributed by atoms with Crippen LogP contribution in [-0.4, -0.2) is 54.2 Å². The van der Waals surface area contributed by atoms with Crippen molar-refractivity contribution in [2.24, 2.45) is 10.9 Å². The number of rotatable bonds is 5. The molecule has 20 heavy (non-hydrogen) atoms. The number of oxime groups is 1. The van der Waals surface area contributed by atoms with Gasteiger partial charge in [-0.05, 0) is 39.4 Å². The first-order valence-electron chi connectivity index (χ1n) is 6.81. The van der Waals surface area contributed by atoms with Crippen molar-refractivity contribution in [1.82, 2.24) is 9.88 Å². The average molecular weight is 277 g/mol. The Kier molecular flexibility index (Phi) is 4.13. The highest BCUT2D eigenvalue weighted by atomic mass is 16.4. The Balaban J connectivity index is 2.23. The molecular formula is C14H23N5O. The van der Waals surface area contributed by atoms with E-state index >= 15 is 0 Å². The van der Waals surface area contributed by atoms with Gasteiger partial charge in [0.25, 0.3) is 0 Å². The van der Waals surface area contributed by atoms with Crippen molar-refractivity contribution in [3.63, 3.8) is 0 Å². The molecule has 3 N–H and O–H groups in total. The topological polar surface area (TPSA) is 78.0 Å². The number of anilines is 1. The minimum atomic E-state index is 0.113. The summed E-state index contributed by atoms with van der Waals surface area (Å²) >= 11 is 0. The fourth-order valence-corrected chi connectivity index (χ4v) is 2.82. The summed E-state index contributed by atoms with van der Waals surface area (Å²) in [5.74, 6) is 0.113. The predicted molar refractivity (Wildman–Crippen MR) is 80.3 cm³/mol. The molecule has 1 heterocycles. The smallest absolute Gasteiger partial charge is 0.172 e. The number of aromatic nitrogens is 1. The van der Waals surface area contributed by atoms with Gasteiger partial charge in [-0.1, -0.05) is 5.16 Å². The molecule has 1 fully saturated rings. The normalized spacial score (nSPS) is 17.9. The lowest BCUT2D eigenvalue weighted by molar-refractivity contribution is 0.0683. The third-order valence-electron chi connectivity index (χ3n) is 4.36. The molecule has 0 aliphatic heterocycles. The molecule has 0 unspecified atom stereocenters. The van der Waals surface area contributed by atoms with Crippen molar-refractivity contribution in [3.05, 3.63) is 24.0 Å². The lowest BCUT2D eigenvalue weighted by atomic mass is 9.75. The van der Waals surface area contributed by atoms with E-state index in [1.807, 2.05) is 7.05 Å². The number of nitrogens with two attached hydrogens (primary N) is 1. The second kappa shape index (κ2) is 5.66. The van der Waals surface area contributed by atoms with E-state index in [9.17, 15) is 0 Å². The summed E-state index contributed by atoms with van der Waals surface area (Å²) < 4.78 is 0. The number of hydrogen-bond donors (Lipinski definition) is 2. The van der Waals surface area contributed by atoms with Gasteiger partial charge in [0.1, 0.15) is 0 Å². The molecule has 0 amide bonds. The molecule has 1 aromatic rings. The molecule has 1 aliphatic rings. The van der Waals surface area contributed by atoms with Crippen molar-refractivity contribution < 1.29 is 5.21 Å². The van der Waals surface area contributed by atoms with Crippen LogP contribution >= 0.6 is 0 Å². The zero-order chi connectivity index (χ0) is 14.8. The second-order valence-electron chi connectivity index (χ2n) is 5.71. The summed E-state index contributed by atoms with van der Waals surface area (Å²) in [6.07, 6.45) is 7.07. The molecule has 0 saturated heterocycles. The molecule has 1 saturated carbocycles. The summed E-state index contributed by atoms with van der Waals surface area (Å²) in [5.41, 5.74) is 7.55. The van der Waals surface area contributed by atoms with Crippen molar-refractivity contribution in [2.75, 3.05) is 32.6 Å². The number of nitrogens with zero attached hydrogens (tertiary/aromatic N) is 4. The Bertz CT molecular complexity index is 496. The van der Waals surface area contributed by atoms with E-state index in [1.165, 1.54) is 19.3 Å². The molecule has 0 bridgehead atoms. The molecule has 0 aromatic carbocycles. The lowest BCUT2D eigenvalue weighted by Crippen LogP contribution is -2.57. The Morgan fingerprint density at radius 1 is 1.45 bits per heavy atom. The summed E-state index contributed by atoms with van der Waals surface area (Å²) in [4.78, 5) is 8.59. The Labute approximate surface area is 119 Å². The number of hydrogen-bond acceptors (Lipinski definition) is 5. The quantitative estimate of drug-likeness (QED) is 0.365. The fraction of sp³-hybridized carbons (Fsp3) is 0.571. The van der Waals surface area contributed by atoms with Crippen LogP contribution in [0.15, 0.2) is 23.6 Å². The summed E-state index contributed by atoms with van der Waals surface area (Å²) in [6, 6.07) is 1.77. The van der Waals surface area contributed by atoms with E-state index in [0.717, 1.165) is 12.2 Å². The van der Waals surface area contributed by atoms with Crippen LogP contribution in [0.4, 0.5) is 5.69 Å². The molecular weight excluding hydrogens is 254 g/mol. The maximum Gasteiger partial charge on any atom is 0.172 e. The third-order valence-corrected chi connectivity index (χ3v) is 4.36. The zero-order valence-corrected chi connectivity index (χ0v) is 12.4. The van der Waals surface area contributed by atoms with Gasteiger partial charge in [-0.3, -0.25) is 4.98 Å². The van der Waals surface area contributed by atoms with Crippen LogP contribution in [0.3, 0.4) is 0 Å². The Morgan fingerprint density at radius 3 is 2.65 bits per heavy atom. The van der Waals surface area contributed by atoms with Crippen LogP contribution in [-0.2, 0) is 0 Å². The van der Waals surface area contributed by atoms with Crippen LogP contribution < -0.4 is 10.6 Å². The maximum absolute atomic E-state index is 8.89. The Hall–Kier alpha value is -1.82. The molecule has 1 aromatic heterocycles.